The molecule has 3 aliphatic heterocycles. The number of rotatable bonds is 11. The number of benzene rings is 1. The molecule has 0 radical (unpaired) electrons. The minimum atomic E-state index is -0.632. The number of carbonyl (C=O) groups is 2. The monoisotopic (exact) mass is 606 g/mol. The highest BCUT2D eigenvalue weighted by molar-refractivity contribution is 6.04. The topological polar surface area (TPSA) is 126 Å². The number of hydrogen-bond donors (Lipinski definition) is 3. The first-order valence-corrected chi connectivity index (χ1v) is 16.1. The summed E-state index contributed by atoms with van der Waals surface area (Å²) in [7, 11) is 1.76. The van der Waals surface area contributed by atoms with E-state index in [2.05, 4.69) is 44.2 Å². The third-order valence-electron chi connectivity index (χ3n) is 9.25. The Hall–Kier alpha value is -3.48. The van der Waals surface area contributed by atoms with E-state index in [4.69, 9.17) is 9.72 Å². The fraction of sp³-hybridized carbons (Fsp3) is 0.625. The Balaban J connectivity index is 1.10. The Morgan fingerprint density at radius 2 is 1.91 bits per heavy atom. The van der Waals surface area contributed by atoms with Gasteiger partial charge in [0.15, 0.2) is 5.82 Å². The second-order valence-electron chi connectivity index (χ2n) is 12.8. The normalized spacial score (nSPS) is 21.2. The smallest absolute Gasteiger partial charge is 0.251 e. The van der Waals surface area contributed by atoms with E-state index in [1.54, 1.807) is 24.2 Å². The first-order valence-electron chi connectivity index (χ1n) is 16.1. The van der Waals surface area contributed by atoms with Crippen molar-refractivity contribution in [2.24, 2.45) is 5.92 Å². The van der Waals surface area contributed by atoms with Gasteiger partial charge in [0, 0.05) is 76.5 Å². The van der Waals surface area contributed by atoms with Crippen molar-refractivity contribution in [3.8, 4) is 5.75 Å². The van der Waals surface area contributed by atoms with Gasteiger partial charge < -0.3 is 35.2 Å². The largest absolute Gasteiger partial charge is 0.491 e. The molecule has 1 saturated heterocycles. The van der Waals surface area contributed by atoms with Crippen molar-refractivity contribution >= 4 is 35.0 Å². The number of piperazine rings is 1. The summed E-state index contributed by atoms with van der Waals surface area (Å²) in [5.74, 6) is 2.42. The van der Waals surface area contributed by atoms with E-state index in [9.17, 15) is 14.7 Å². The van der Waals surface area contributed by atoms with Gasteiger partial charge >= 0.3 is 0 Å². The van der Waals surface area contributed by atoms with Gasteiger partial charge in [-0.25, -0.2) is 4.98 Å². The second-order valence-corrected chi connectivity index (χ2v) is 12.8. The van der Waals surface area contributed by atoms with E-state index in [0.717, 1.165) is 37.7 Å². The molecule has 0 bridgehead atoms. The Morgan fingerprint density at radius 1 is 1.16 bits per heavy atom. The highest BCUT2D eigenvalue weighted by Gasteiger charge is 2.38. The Labute approximate surface area is 259 Å². The molecule has 12 nitrogen and oxygen atoms in total. The molecule has 2 atom stereocenters. The summed E-state index contributed by atoms with van der Waals surface area (Å²) in [6.07, 6.45) is 5.06. The van der Waals surface area contributed by atoms with Crippen molar-refractivity contribution in [2.75, 3.05) is 74.6 Å². The molecule has 4 aliphatic rings. The maximum atomic E-state index is 13.2. The van der Waals surface area contributed by atoms with Crippen molar-refractivity contribution < 1.29 is 19.4 Å². The molecule has 2 unspecified atom stereocenters. The standard InChI is InChI=1S/C32H46N8O4/c1-5-26-31(43)37(4)27-17-34-32(36-29(27)40(26)20(2)3)35-25-9-8-24(23-10-15-44-28(23)25)30(42)33-16-22(41)19-39-13-11-38(12-14-39)18-21-6-7-21/h8-9,17,20-22,26,41H,5-7,10-16,18-19H2,1-4H3,(H,33,42)(H,34,35,36). The van der Waals surface area contributed by atoms with E-state index in [1.807, 2.05) is 13.0 Å². The number of hydrogen-bond acceptors (Lipinski definition) is 10. The maximum Gasteiger partial charge on any atom is 0.251 e. The zero-order chi connectivity index (χ0) is 31.0. The van der Waals surface area contributed by atoms with Crippen LogP contribution < -0.4 is 25.2 Å². The Kier molecular flexibility index (Phi) is 8.93. The predicted molar refractivity (Wildman–Crippen MR) is 170 cm³/mol. The average Bonchev–Trinajstić information content (AvgIpc) is 3.69. The molecular weight excluding hydrogens is 560 g/mol. The van der Waals surface area contributed by atoms with Gasteiger partial charge in [0.25, 0.3) is 5.91 Å². The summed E-state index contributed by atoms with van der Waals surface area (Å²) < 4.78 is 5.97. The molecule has 0 spiro atoms. The molecule has 3 N–H and O–H groups in total. The number of carbonyl (C=O) groups excluding carboxylic acids is 2. The number of β-amino-alcohol motifs (C(OH)–C–C–N with tert-alkyl or cyclic N) is 1. The van der Waals surface area contributed by atoms with Gasteiger partial charge in [-0.2, -0.15) is 4.98 Å². The minimum absolute atomic E-state index is 0.0348. The molecule has 4 heterocycles. The fourth-order valence-corrected chi connectivity index (χ4v) is 6.65. The van der Waals surface area contributed by atoms with Crippen molar-refractivity contribution in [1.29, 1.82) is 0 Å². The quantitative estimate of drug-likeness (QED) is 0.351. The lowest BCUT2D eigenvalue weighted by molar-refractivity contribution is -0.120. The van der Waals surface area contributed by atoms with Gasteiger partial charge in [0.2, 0.25) is 11.9 Å². The fourth-order valence-electron chi connectivity index (χ4n) is 6.65. The number of aliphatic hydroxyl groups is 1. The lowest BCUT2D eigenvalue weighted by atomic mass is 10.0. The van der Waals surface area contributed by atoms with Crippen LogP contribution in [0.2, 0.25) is 0 Å². The molecular formula is C32H46N8O4. The van der Waals surface area contributed by atoms with Crippen molar-refractivity contribution in [1.82, 2.24) is 25.1 Å². The van der Waals surface area contributed by atoms with E-state index in [1.165, 1.54) is 19.4 Å². The van der Waals surface area contributed by atoms with E-state index in [0.29, 0.717) is 60.4 Å². The summed E-state index contributed by atoms with van der Waals surface area (Å²) >= 11 is 0. The first kappa shape index (κ1) is 30.5. The number of ether oxygens (including phenoxy) is 1. The number of likely N-dealkylation sites (N-methyl/N-ethyl adjacent to an activating group) is 1. The van der Waals surface area contributed by atoms with Gasteiger partial charge in [-0.15, -0.1) is 0 Å². The number of aromatic nitrogens is 2. The van der Waals surface area contributed by atoms with Gasteiger partial charge in [0.05, 0.1) is 24.6 Å². The molecule has 2 amide bonds. The minimum Gasteiger partial charge on any atom is -0.491 e. The molecule has 1 aromatic heterocycles. The molecule has 2 aromatic rings. The van der Waals surface area contributed by atoms with Crippen molar-refractivity contribution in [3.63, 3.8) is 0 Å². The summed E-state index contributed by atoms with van der Waals surface area (Å²) in [4.78, 5) is 44.0. The van der Waals surface area contributed by atoms with Crippen LogP contribution in [-0.4, -0.2) is 114 Å². The number of amides is 2. The Morgan fingerprint density at radius 3 is 2.61 bits per heavy atom. The average molecular weight is 607 g/mol. The molecule has 44 heavy (non-hydrogen) atoms. The summed E-state index contributed by atoms with van der Waals surface area (Å²) in [6, 6.07) is 3.38. The van der Waals surface area contributed by atoms with Crippen LogP contribution in [0.5, 0.6) is 5.75 Å². The van der Waals surface area contributed by atoms with Crippen LogP contribution in [0.25, 0.3) is 0 Å². The van der Waals surface area contributed by atoms with Crippen LogP contribution >= 0.6 is 0 Å². The second kappa shape index (κ2) is 12.9. The zero-order valence-electron chi connectivity index (χ0n) is 26.4. The summed E-state index contributed by atoms with van der Waals surface area (Å²) in [6.45, 7) is 12.6. The number of fused-ring (bicyclic) bond motifs is 2. The Bertz CT molecular complexity index is 1370. The van der Waals surface area contributed by atoms with Crippen LogP contribution in [0.15, 0.2) is 18.3 Å². The molecule has 1 aromatic carbocycles. The molecule has 12 heteroatoms. The zero-order valence-corrected chi connectivity index (χ0v) is 26.4. The van der Waals surface area contributed by atoms with Gasteiger partial charge in [-0.1, -0.05) is 6.92 Å². The van der Waals surface area contributed by atoms with Crippen LogP contribution in [-0.2, 0) is 11.2 Å². The summed E-state index contributed by atoms with van der Waals surface area (Å²) in [5.41, 5.74) is 2.72. The van der Waals surface area contributed by atoms with E-state index < -0.39 is 6.10 Å². The van der Waals surface area contributed by atoms with Crippen LogP contribution in [0.1, 0.15) is 56.0 Å². The highest BCUT2D eigenvalue weighted by atomic mass is 16.5. The molecule has 1 aliphatic carbocycles. The van der Waals surface area contributed by atoms with Crippen molar-refractivity contribution in [3.05, 3.63) is 29.5 Å². The SMILES string of the molecule is CCC1C(=O)N(C)c2cnc(Nc3ccc(C(=O)NCC(O)CN4CCN(CC5CC5)CC4)c4c3OCC4)nc2N1C(C)C. The third-order valence-corrected chi connectivity index (χ3v) is 9.25. The molecule has 2 fully saturated rings. The number of aliphatic hydroxyl groups excluding tert-OH is 1. The van der Waals surface area contributed by atoms with Gasteiger partial charge in [-0.05, 0) is 51.2 Å². The van der Waals surface area contributed by atoms with Crippen molar-refractivity contribution in [2.45, 2.75) is 64.6 Å². The van der Waals surface area contributed by atoms with Crippen LogP contribution in [0.4, 0.5) is 23.1 Å². The predicted octanol–water partition coefficient (Wildman–Crippen LogP) is 2.24. The van der Waals surface area contributed by atoms with Crippen LogP contribution in [0, 0.1) is 5.92 Å². The first-order chi connectivity index (χ1) is 21.2. The summed E-state index contributed by atoms with van der Waals surface area (Å²) in [5, 5.41) is 16.9. The van der Waals surface area contributed by atoms with Gasteiger partial charge in [0.1, 0.15) is 17.5 Å². The lowest BCUT2D eigenvalue weighted by Crippen LogP contribution is -2.54. The molecule has 1 saturated carbocycles. The van der Waals surface area contributed by atoms with E-state index in [-0.39, 0.29) is 30.4 Å². The lowest BCUT2D eigenvalue weighted by Gasteiger charge is -2.42. The maximum absolute atomic E-state index is 13.2. The van der Waals surface area contributed by atoms with Crippen LogP contribution in [0.3, 0.4) is 0 Å². The number of nitrogens with zero attached hydrogens (tertiary/aromatic N) is 6. The molecule has 238 valence electrons. The van der Waals surface area contributed by atoms with E-state index >= 15 is 0 Å². The third kappa shape index (κ3) is 6.33. The number of anilines is 4. The number of nitrogens with one attached hydrogen (secondary N) is 2. The van der Waals surface area contributed by atoms with Gasteiger partial charge in [-0.3, -0.25) is 14.5 Å². The highest BCUT2D eigenvalue weighted by Crippen LogP contribution is 2.40. The molecule has 6 rings (SSSR count).